The lowest BCUT2D eigenvalue weighted by molar-refractivity contribution is -0.139. The Bertz CT molecular complexity index is 1020. The third-order valence-corrected chi connectivity index (χ3v) is 5.00. The van der Waals surface area contributed by atoms with Crippen molar-refractivity contribution < 1.29 is 14.3 Å². The largest absolute Gasteiger partial charge is 0.426 e. The Morgan fingerprint density at radius 2 is 1.71 bits per heavy atom. The molecule has 140 valence electrons. The average molecular weight is 392 g/mol. The van der Waals surface area contributed by atoms with E-state index in [-0.39, 0.29) is 18.9 Å². The lowest BCUT2D eigenvalue weighted by Crippen LogP contribution is -2.27. The van der Waals surface area contributed by atoms with Crippen molar-refractivity contribution >= 4 is 29.2 Å². The first-order valence-electron chi connectivity index (χ1n) is 9.04. The average Bonchev–Trinajstić information content (AvgIpc) is 3.11. The Morgan fingerprint density at radius 3 is 2.50 bits per heavy atom. The highest BCUT2D eigenvalue weighted by molar-refractivity contribution is 6.31. The fourth-order valence-electron chi connectivity index (χ4n) is 3.36. The van der Waals surface area contributed by atoms with Gasteiger partial charge in [-0.3, -0.25) is 9.59 Å². The zero-order valence-electron chi connectivity index (χ0n) is 15.0. The van der Waals surface area contributed by atoms with Crippen molar-refractivity contribution in [2.45, 2.75) is 6.42 Å². The van der Waals surface area contributed by atoms with Crippen molar-refractivity contribution in [2.24, 2.45) is 5.92 Å². The molecular weight excluding hydrogens is 374 g/mol. The Balaban J connectivity index is 1.52. The maximum absolute atomic E-state index is 12.8. The second-order valence-electron chi connectivity index (χ2n) is 6.67. The van der Waals surface area contributed by atoms with Crippen LogP contribution in [0.2, 0.25) is 5.02 Å². The van der Waals surface area contributed by atoms with Gasteiger partial charge in [0.1, 0.15) is 5.75 Å². The molecule has 0 radical (unpaired) electrons. The number of anilines is 1. The van der Waals surface area contributed by atoms with Crippen LogP contribution in [0.5, 0.6) is 5.75 Å². The maximum atomic E-state index is 12.8. The summed E-state index contributed by atoms with van der Waals surface area (Å²) in [5.74, 6) is -0.538. The zero-order valence-corrected chi connectivity index (χ0v) is 15.8. The van der Waals surface area contributed by atoms with Crippen LogP contribution in [-0.2, 0) is 9.59 Å². The number of carbonyl (C=O) groups excluding carboxylic acids is 2. The minimum Gasteiger partial charge on any atom is -0.426 e. The second kappa shape index (κ2) is 7.87. The fourth-order valence-corrected chi connectivity index (χ4v) is 3.55. The number of halogens is 1. The molecule has 3 aromatic rings. The highest BCUT2D eigenvalue weighted by Gasteiger charge is 2.36. The van der Waals surface area contributed by atoms with Crippen molar-refractivity contribution in [3.63, 3.8) is 0 Å². The number of esters is 1. The standard InChI is InChI=1S/C23H18ClNO3/c24-18-9-6-10-19(14-18)25-15-17(13-22(25)26)23(27)28-21-12-5-4-11-20(21)16-7-2-1-3-8-16/h1-12,14,17H,13,15H2/t17-/m1/s1. The number of para-hydroxylation sites is 1. The minimum atomic E-state index is -0.518. The van der Waals surface area contributed by atoms with Crippen LogP contribution in [0.15, 0.2) is 78.9 Å². The van der Waals surface area contributed by atoms with Gasteiger partial charge < -0.3 is 9.64 Å². The van der Waals surface area contributed by atoms with E-state index in [4.69, 9.17) is 16.3 Å². The molecule has 0 bridgehead atoms. The van der Waals surface area contributed by atoms with Crippen molar-refractivity contribution in [3.8, 4) is 16.9 Å². The van der Waals surface area contributed by atoms with Crippen LogP contribution >= 0.6 is 11.6 Å². The first-order valence-corrected chi connectivity index (χ1v) is 9.42. The highest BCUT2D eigenvalue weighted by Crippen LogP contribution is 2.32. The number of amides is 1. The van der Waals surface area contributed by atoms with Crippen molar-refractivity contribution in [3.05, 3.63) is 83.9 Å². The molecule has 4 rings (SSSR count). The molecule has 1 heterocycles. The molecule has 1 aliphatic heterocycles. The summed E-state index contributed by atoms with van der Waals surface area (Å²) in [6, 6.07) is 24.2. The third kappa shape index (κ3) is 3.78. The molecule has 0 saturated carbocycles. The van der Waals surface area contributed by atoms with E-state index >= 15 is 0 Å². The second-order valence-corrected chi connectivity index (χ2v) is 7.10. The number of ether oxygens (including phenoxy) is 1. The van der Waals surface area contributed by atoms with Gasteiger partial charge in [-0.25, -0.2) is 0 Å². The SMILES string of the molecule is O=C(Oc1ccccc1-c1ccccc1)[C@@H]1CC(=O)N(c2cccc(Cl)c2)C1. The third-order valence-electron chi connectivity index (χ3n) is 4.76. The zero-order chi connectivity index (χ0) is 19.5. The molecule has 1 amide bonds. The van der Waals surface area contributed by atoms with Gasteiger partial charge in [0.2, 0.25) is 5.91 Å². The molecule has 1 saturated heterocycles. The molecule has 0 aliphatic carbocycles. The molecule has 0 N–H and O–H groups in total. The van der Waals surface area contributed by atoms with Crippen molar-refractivity contribution in [1.29, 1.82) is 0 Å². The lowest BCUT2D eigenvalue weighted by atomic mass is 10.0. The van der Waals surface area contributed by atoms with Gasteiger partial charge in [0.15, 0.2) is 0 Å². The van der Waals surface area contributed by atoms with Crippen LogP contribution < -0.4 is 9.64 Å². The number of hydrogen-bond acceptors (Lipinski definition) is 3. The molecular formula is C23H18ClNO3. The van der Waals surface area contributed by atoms with Gasteiger partial charge in [-0.2, -0.15) is 0 Å². The number of rotatable bonds is 4. The van der Waals surface area contributed by atoms with Gasteiger partial charge in [-0.1, -0.05) is 66.2 Å². The maximum Gasteiger partial charge on any atom is 0.316 e. The van der Waals surface area contributed by atoms with Gasteiger partial charge in [-0.15, -0.1) is 0 Å². The van der Waals surface area contributed by atoms with E-state index in [0.717, 1.165) is 11.1 Å². The van der Waals surface area contributed by atoms with Crippen LogP contribution in [0.25, 0.3) is 11.1 Å². The minimum absolute atomic E-state index is 0.111. The summed E-state index contributed by atoms with van der Waals surface area (Å²) in [5, 5.41) is 0.549. The number of carbonyl (C=O) groups is 2. The topological polar surface area (TPSA) is 46.6 Å². The number of hydrogen-bond donors (Lipinski definition) is 0. The summed E-state index contributed by atoms with van der Waals surface area (Å²) in [4.78, 5) is 26.8. The summed E-state index contributed by atoms with van der Waals surface area (Å²) in [6.07, 6.45) is 0.124. The molecule has 0 aromatic heterocycles. The van der Waals surface area contributed by atoms with Gasteiger partial charge >= 0.3 is 5.97 Å². The van der Waals surface area contributed by atoms with Crippen LogP contribution in [-0.4, -0.2) is 18.4 Å². The molecule has 4 nitrogen and oxygen atoms in total. The Morgan fingerprint density at radius 1 is 0.964 bits per heavy atom. The molecule has 0 unspecified atom stereocenters. The summed E-state index contributed by atoms with van der Waals surface area (Å²) in [5.41, 5.74) is 2.50. The molecule has 1 aliphatic rings. The highest BCUT2D eigenvalue weighted by atomic mass is 35.5. The van der Waals surface area contributed by atoms with Crippen molar-refractivity contribution in [1.82, 2.24) is 0 Å². The summed E-state index contributed by atoms with van der Waals surface area (Å²) in [7, 11) is 0. The van der Waals surface area contributed by atoms with Crippen LogP contribution in [0.4, 0.5) is 5.69 Å². The van der Waals surface area contributed by atoms with E-state index in [1.165, 1.54) is 0 Å². The number of benzene rings is 3. The lowest BCUT2D eigenvalue weighted by Gasteiger charge is -2.17. The summed E-state index contributed by atoms with van der Waals surface area (Å²) >= 11 is 6.02. The van der Waals surface area contributed by atoms with Crippen LogP contribution in [0.3, 0.4) is 0 Å². The van der Waals surface area contributed by atoms with Gasteiger partial charge in [0.05, 0.1) is 5.92 Å². The normalized spacial score (nSPS) is 16.2. The quantitative estimate of drug-likeness (QED) is 0.466. The Hall–Kier alpha value is -3.11. The predicted octanol–water partition coefficient (Wildman–Crippen LogP) is 4.97. The van der Waals surface area contributed by atoms with Crippen molar-refractivity contribution in [2.75, 3.05) is 11.4 Å². The molecule has 3 aromatic carbocycles. The summed E-state index contributed by atoms with van der Waals surface area (Å²) < 4.78 is 5.70. The fraction of sp³-hybridized carbons (Fsp3) is 0.130. The van der Waals surface area contributed by atoms with E-state index in [1.54, 1.807) is 29.2 Å². The molecule has 5 heteroatoms. The van der Waals surface area contributed by atoms with E-state index in [2.05, 4.69) is 0 Å². The molecule has 28 heavy (non-hydrogen) atoms. The number of nitrogens with zero attached hydrogens (tertiary/aromatic N) is 1. The Labute approximate surface area is 168 Å². The molecule has 1 fully saturated rings. The Kier molecular flexibility index (Phi) is 5.13. The smallest absolute Gasteiger partial charge is 0.316 e. The summed E-state index contributed by atoms with van der Waals surface area (Å²) in [6.45, 7) is 0.283. The molecule has 0 spiro atoms. The van der Waals surface area contributed by atoms with Crippen LogP contribution in [0, 0.1) is 5.92 Å². The van der Waals surface area contributed by atoms with Crippen LogP contribution in [0.1, 0.15) is 6.42 Å². The van der Waals surface area contributed by atoms with Gasteiger partial charge in [0.25, 0.3) is 0 Å². The molecule has 1 atom stereocenters. The first-order chi connectivity index (χ1) is 13.6. The van der Waals surface area contributed by atoms with E-state index in [0.29, 0.717) is 16.5 Å². The van der Waals surface area contributed by atoms with Gasteiger partial charge in [-0.05, 0) is 29.8 Å². The van der Waals surface area contributed by atoms with Gasteiger partial charge in [0, 0.05) is 29.2 Å². The predicted molar refractivity (Wildman–Crippen MR) is 109 cm³/mol. The first kappa shape index (κ1) is 18.3. The monoisotopic (exact) mass is 391 g/mol. The van der Waals surface area contributed by atoms with E-state index < -0.39 is 11.9 Å². The van der Waals surface area contributed by atoms with E-state index in [9.17, 15) is 9.59 Å². The van der Waals surface area contributed by atoms with E-state index in [1.807, 2.05) is 54.6 Å².